The minimum Gasteiger partial charge on any atom is -0.367 e. The summed E-state index contributed by atoms with van der Waals surface area (Å²) in [6, 6.07) is 10.8. The molecule has 0 amide bonds. The quantitative estimate of drug-likeness (QED) is 0.767. The number of rotatable bonds is 2. The minimum atomic E-state index is 0.213. The highest BCUT2D eigenvalue weighted by Gasteiger charge is 2.18. The molecule has 2 heterocycles. The summed E-state index contributed by atoms with van der Waals surface area (Å²) in [6.07, 6.45) is 1.68. The number of nitrogen functional groups attached to an aromatic ring is 1. The summed E-state index contributed by atoms with van der Waals surface area (Å²) in [7, 11) is 0. The van der Waals surface area contributed by atoms with Crippen molar-refractivity contribution in [2.75, 3.05) is 5.73 Å². The van der Waals surface area contributed by atoms with Gasteiger partial charge in [0.2, 0.25) is 5.88 Å². The van der Waals surface area contributed by atoms with Crippen LogP contribution in [0, 0.1) is 0 Å². The Morgan fingerprint density at radius 3 is 2.60 bits per heavy atom. The van der Waals surface area contributed by atoms with Gasteiger partial charge in [-0.25, -0.2) is 0 Å². The Bertz CT molecular complexity index is 756. The van der Waals surface area contributed by atoms with Crippen LogP contribution in [0.3, 0.4) is 0 Å². The minimum absolute atomic E-state index is 0.213. The molecule has 2 N–H and O–H groups in total. The molecule has 3 aromatic rings. The van der Waals surface area contributed by atoms with Gasteiger partial charge in [-0.1, -0.05) is 40.5 Å². The Hall–Kier alpha value is -2.04. The summed E-state index contributed by atoms with van der Waals surface area (Å²) >= 11 is 11.9. The van der Waals surface area contributed by atoms with E-state index in [0.717, 1.165) is 5.56 Å². The van der Waals surface area contributed by atoms with Crippen LogP contribution < -0.4 is 5.73 Å². The molecule has 0 spiro atoms. The second-order valence-corrected chi connectivity index (χ2v) is 4.93. The monoisotopic (exact) mass is 305 g/mol. The Labute approximate surface area is 125 Å². The third-order valence-corrected chi connectivity index (χ3v) is 3.57. The zero-order valence-corrected chi connectivity index (χ0v) is 11.7. The summed E-state index contributed by atoms with van der Waals surface area (Å²) in [5.41, 5.74) is 8.53. The number of nitrogens with two attached hydrogens (primary N) is 1. The lowest BCUT2D eigenvalue weighted by atomic mass is 10.0. The number of nitrogens with zero attached hydrogens (tertiary/aromatic N) is 2. The lowest BCUT2D eigenvalue weighted by molar-refractivity contribution is 0.439. The molecular weight excluding hydrogens is 297 g/mol. The van der Waals surface area contributed by atoms with E-state index in [9.17, 15) is 0 Å². The summed E-state index contributed by atoms with van der Waals surface area (Å²) in [5, 5.41) is 4.91. The molecule has 0 radical (unpaired) electrons. The number of hydrogen-bond acceptors (Lipinski definition) is 4. The van der Waals surface area contributed by atoms with Crippen molar-refractivity contribution >= 4 is 29.1 Å². The van der Waals surface area contributed by atoms with Gasteiger partial charge < -0.3 is 10.3 Å². The number of anilines is 1. The number of aromatic nitrogens is 2. The SMILES string of the molecule is Nc1onc(-c2ccc(Cl)c(Cl)c2)c1-c1ccccn1. The van der Waals surface area contributed by atoms with Crippen LogP contribution in [0.2, 0.25) is 10.0 Å². The predicted octanol–water partition coefficient (Wildman–Crippen LogP) is 4.29. The van der Waals surface area contributed by atoms with E-state index in [2.05, 4.69) is 10.1 Å². The molecule has 0 aliphatic carbocycles. The molecule has 4 nitrogen and oxygen atoms in total. The largest absolute Gasteiger partial charge is 0.367 e. The van der Waals surface area contributed by atoms with Gasteiger partial charge in [-0.15, -0.1) is 0 Å². The number of hydrogen-bond donors (Lipinski definition) is 1. The van der Waals surface area contributed by atoms with Crippen molar-refractivity contribution < 1.29 is 4.52 Å². The highest BCUT2D eigenvalue weighted by molar-refractivity contribution is 6.42. The van der Waals surface area contributed by atoms with Crippen molar-refractivity contribution in [2.24, 2.45) is 0 Å². The van der Waals surface area contributed by atoms with Crippen LogP contribution in [0.4, 0.5) is 5.88 Å². The van der Waals surface area contributed by atoms with E-state index in [1.807, 2.05) is 18.2 Å². The smallest absolute Gasteiger partial charge is 0.232 e. The van der Waals surface area contributed by atoms with Crippen LogP contribution in [0.25, 0.3) is 22.5 Å². The molecule has 1 aromatic carbocycles. The molecule has 100 valence electrons. The van der Waals surface area contributed by atoms with Gasteiger partial charge in [0, 0.05) is 11.8 Å². The lowest BCUT2D eigenvalue weighted by Crippen LogP contribution is -1.90. The van der Waals surface area contributed by atoms with Crippen molar-refractivity contribution in [3.05, 3.63) is 52.6 Å². The van der Waals surface area contributed by atoms with Gasteiger partial charge in [0.1, 0.15) is 5.69 Å². The summed E-state index contributed by atoms with van der Waals surface area (Å²) < 4.78 is 5.09. The van der Waals surface area contributed by atoms with Gasteiger partial charge in [0.15, 0.2) is 0 Å². The topological polar surface area (TPSA) is 64.9 Å². The Morgan fingerprint density at radius 2 is 1.90 bits per heavy atom. The summed E-state index contributed by atoms with van der Waals surface area (Å²) in [4.78, 5) is 4.27. The fourth-order valence-corrected chi connectivity index (χ4v) is 2.20. The highest BCUT2D eigenvalue weighted by atomic mass is 35.5. The van der Waals surface area contributed by atoms with Crippen LogP contribution in [-0.2, 0) is 0 Å². The Morgan fingerprint density at radius 1 is 1.05 bits per heavy atom. The van der Waals surface area contributed by atoms with Crippen molar-refractivity contribution in [2.45, 2.75) is 0 Å². The second-order valence-electron chi connectivity index (χ2n) is 4.11. The summed E-state index contributed by atoms with van der Waals surface area (Å²) in [5.74, 6) is 0.213. The average molecular weight is 306 g/mol. The van der Waals surface area contributed by atoms with E-state index < -0.39 is 0 Å². The molecule has 0 bridgehead atoms. The molecule has 0 unspecified atom stereocenters. The molecule has 0 aliphatic rings. The van der Waals surface area contributed by atoms with E-state index in [4.69, 9.17) is 33.5 Å². The zero-order chi connectivity index (χ0) is 14.1. The first-order chi connectivity index (χ1) is 9.66. The molecule has 0 aliphatic heterocycles. The molecule has 2 aromatic heterocycles. The second kappa shape index (κ2) is 5.15. The zero-order valence-electron chi connectivity index (χ0n) is 10.2. The third kappa shape index (κ3) is 2.24. The maximum Gasteiger partial charge on any atom is 0.232 e. The van der Waals surface area contributed by atoms with Crippen molar-refractivity contribution in [3.63, 3.8) is 0 Å². The molecule has 0 atom stereocenters. The molecule has 0 saturated carbocycles. The maximum absolute atomic E-state index is 6.03. The van der Waals surface area contributed by atoms with Gasteiger partial charge in [-0.3, -0.25) is 4.98 Å². The molecule has 0 saturated heterocycles. The van der Waals surface area contributed by atoms with E-state index in [-0.39, 0.29) is 5.88 Å². The maximum atomic E-state index is 6.03. The van der Waals surface area contributed by atoms with Crippen LogP contribution in [0.15, 0.2) is 47.1 Å². The van der Waals surface area contributed by atoms with Gasteiger partial charge >= 0.3 is 0 Å². The van der Waals surface area contributed by atoms with E-state index in [0.29, 0.717) is 27.0 Å². The molecule has 0 fully saturated rings. The standard InChI is InChI=1S/C14H9Cl2N3O/c15-9-5-4-8(7-10(9)16)13-12(14(17)20-19-13)11-3-1-2-6-18-11/h1-7H,17H2. The number of benzene rings is 1. The first-order valence-corrected chi connectivity index (χ1v) is 6.54. The van der Waals surface area contributed by atoms with Crippen LogP contribution in [0.1, 0.15) is 0 Å². The Balaban J connectivity index is 2.18. The van der Waals surface area contributed by atoms with Gasteiger partial charge in [0.25, 0.3) is 0 Å². The van der Waals surface area contributed by atoms with Gasteiger partial charge in [-0.2, -0.15) is 0 Å². The third-order valence-electron chi connectivity index (χ3n) is 2.83. The van der Waals surface area contributed by atoms with Crippen LogP contribution in [0.5, 0.6) is 0 Å². The molecule has 6 heteroatoms. The van der Waals surface area contributed by atoms with Crippen molar-refractivity contribution in [1.82, 2.24) is 10.1 Å². The van der Waals surface area contributed by atoms with Crippen molar-refractivity contribution in [3.8, 4) is 22.5 Å². The van der Waals surface area contributed by atoms with Crippen LogP contribution in [-0.4, -0.2) is 10.1 Å². The van der Waals surface area contributed by atoms with Gasteiger partial charge in [0.05, 0.1) is 21.3 Å². The molecular formula is C14H9Cl2N3O. The first kappa shape index (κ1) is 13.0. The first-order valence-electron chi connectivity index (χ1n) is 5.79. The van der Waals surface area contributed by atoms with Crippen molar-refractivity contribution in [1.29, 1.82) is 0 Å². The lowest BCUT2D eigenvalue weighted by Gasteiger charge is -2.03. The van der Waals surface area contributed by atoms with Gasteiger partial charge in [-0.05, 0) is 24.3 Å². The fourth-order valence-electron chi connectivity index (χ4n) is 1.90. The van der Waals surface area contributed by atoms with Crippen LogP contribution >= 0.6 is 23.2 Å². The van der Waals surface area contributed by atoms with E-state index in [1.54, 1.807) is 24.4 Å². The molecule has 3 rings (SSSR count). The Kier molecular flexibility index (Phi) is 3.34. The van der Waals surface area contributed by atoms with E-state index >= 15 is 0 Å². The highest BCUT2D eigenvalue weighted by Crippen LogP contribution is 2.36. The number of halogens is 2. The number of pyridine rings is 1. The normalized spacial score (nSPS) is 10.7. The fraction of sp³-hybridized carbons (Fsp3) is 0. The van der Waals surface area contributed by atoms with E-state index in [1.165, 1.54) is 0 Å². The average Bonchev–Trinajstić information content (AvgIpc) is 2.85. The predicted molar refractivity (Wildman–Crippen MR) is 79.6 cm³/mol. The summed E-state index contributed by atoms with van der Waals surface area (Å²) in [6.45, 7) is 0. The molecule has 20 heavy (non-hydrogen) atoms.